The van der Waals surface area contributed by atoms with Crippen LogP contribution in [0, 0.1) is 5.92 Å². The smallest absolute Gasteiger partial charge is 0.242 e. The van der Waals surface area contributed by atoms with Gasteiger partial charge in [0.05, 0.1) is 0 Å². The quantitative estimate of drug-likeness (QED) is 0.857. The standard InChI is InChI=1S/C14H21N3O/c1-16(12-4-5-12)13(18)9-17-7-6-11(8-17)14(15)10-2-3-10/h6-8,10,12,14H,2-5,9,15H2,1H3. The number of carbonyl (C=O) groups excluding carboxylic acids is 1. The molecule has 2 saturated carbocycles. The van der Waals surface area contributed by atoms with Crippen molar-refractivity contribution < 1.29 is 4.79 Å². The number of likely N-dealkylation sites (N-methyl/N-ethyl adjacent to an activating group) is 1. The minimum atomic E-state index is 0.155. The average molecular weight is 247 g/mol. The van der Waals surface area contributed by atoms with Crippen LogP contribution < -0.4 is 5.73 Å². The van der Waals surface area contributed by atoms with E-state index in [1.165, 1.54) is 18.4 Å². The van der Waals surface area contributed by atoms with E-state index in [0.717, 1.165) is 12.8 Å². The lowest BCUT2D eigenvalue weighted by molar-refractivity contribution is -0.131. The minimum Gasteiger partial charge on any atom is -0.345 e. The van der Waals surface area contributed by atoms with E-state index < -0.39 is 0 Å². The van der Waals surface area contributed by atoms with Gasteiger partial charge >= 0.3 is 0 Å². The molecule has 1 heterocycles. The number of hydrogen-bond donors (Lipinski definition) is 1. The number of hydrogen-bond acceptors (Lipinski definition) is 2. The van der Waals surface area contributed by atoms with E-state index in [1.807, 2.05) is 35.0 Å². The lowest BCUT2D eigenvalue weighted by Crippen LogP contribution is -2.31. The number of amides is 1. The van der Waals surface area contributed by atoms with Gasteiger partial charge in [-0.1, -0.05) is 0 Å². The monoisotopic (exact) mass is 247 g/mol. The van der Waals surface area contributed by atoms with Gasteiger partial charge in [-0.3, -0.25) is 4.79 Å². The molecule has 2 N–H and O–H groups in total. The highest BCUT2D eigenvalue weighted by molar-refractivity contribution is 5.76. The van der Waals surface area contributed by atoms with E-state index in [-0.39, 0.29) is 11.9 Å². The molecule has 98 valence electrons. The molecule has 1 amide bonds. The van der Waals surface area contributed by atoms with E-state index >= 15 is 0 Å². The van der Waals surface area contributed by atoms with Gasteiger partial charge in [0.15, 0.2) is 0 Å². The van der Waals surface area contributed by atoms with E-state index in [2.05, 4.69) is 0 Å². The molecule has 4 heteroatoms. The molecule has 0 spiro atoms. The fourth-order valence-corrected chi connectivity index (χ4v) is 2.42. The molecule has 0 aromatic carbocycles. The summed E-state index contributed by atoms with van der Waals surface area (Å²) in [7, 11) is 1.90. The fourth-order valence-electron chi connectivity index (χ4n) is 2.42. The Bertz CT molecular complexity index is 446. The molecule has 0 radical (unpaired) electrons. The van der Waals surface area contributed by atoms with Crippen LogP contribution in [0.15, 0.2) is 18.5 Å². The van der Waals surface area contributed by atoms with Crippen LogP contribution >= 0.6 is 0 Å². The summed E-state index contributed by atoms with van der Waals surface area (Å²) in [5, 5.41) is 0. The third-order valence-electron chi connectivity index (χ3n) is 4.09. The van der Waals surface area contributed by atoms with Crippen LogP contribution in [0.25, 0.3) is 0 Å². The van der Waals surface area contributed by atoms with Crippen LogP contribution in [-0.4, -0.2) is 28.5 Å². The van der Waals surface area contributed by atoms with E-state index in [0.29, 0.717) is 18.5 Å². The Balaban J connectivity index is 1.60. The first kappa shape index (κ1) is 11.8. The van der Waals surface area contributed by atoms with Crippen molar-refractivity contribution in [2.45, 2.75) is 44.3 Å². The normalized spacial score (nSPS) is 20.8. The van der Waals surface area contributed by atoms with Crippen molar-refractivity contribution in [2.75, 3.05) is 7.05 Å². The second kappa shape index (κ2) is 4.43. The molecule has 1 aromatic rings. The molecule has 2 fully saturated rings. The Labute approximate surface area is 108 Å². The van der Waals surface area contributed by atoms with Crippen LogP contribution in [-0.2, 0) is 11.3 Å². The van der Waals surface area contributed by atoms with Crippen molar-refractivity contribution in [1.82, 2.24) is 9.47 Å². The van der Waals surface area contributed by atoms with E-state index in [1.54, 1.807) is 0 Å². The summed E-state index contributed by atoms with van der Waals surface area (Å²) >= 11 is 0. The minimum absolute atomic E-state index is 0.155. The highest BCUT2D eigenvalue weighted by Crippen LogP contribution is 2.39. The van der Waals surface area contributed by atoms with Crippen molar-refractivity contribution in [3.63, 3.8) is 0 Å². The predicted octanol–water partition coefficient (Wildman–Crippen LogP) is 1.52. The summed E-state index contributed by atoms with van der Waals surface area (Å²) in [5.41, 5.74) is 7.32. The molecule has 0 aliphatic heterocycles. The summed E-state index contributed by atoms with van der Waals surface area (Å²) < 4.78 is 1.96. The van der Waals surface area contributed by atoms with Gasteiger partial charge in [0.2, 0.25) is 5.91 Å². The SMILES string of the molecule is CN(C(=O)Cn1ccc(C(N)C2CC2)c1)C1CC1. The van der Waals surface area contributed by atoms with Crippen molar-refractivity contribution in [3.8, 4) is 0 Å². The van der Waals surface area contributed by atoms with Crippen molar-refractivity contribution in [2.24, 2.45) is 11.7 Å². The molecule has 1 unspecified atom stereocenters. The van der Waals surface area contributed by atoms with E-state index in [4.69, 9.17) is 5.73 Å². The molecule has 2 aliphatic carbocycles. The summed E-state index contributed by atoms with van der Waals surface area (Å²) in [5.74, 6) is 0.852. The molecule has 0 saturated heterocycles. The Kier molecular flexibility index (Phi) is 2.90. The fraction of sp³-hybridized carbons (Fsp3) is 0.643. The van der Waals surface area contributed by atoms with Gasteiger partial charge in [0.1, 0.15) is 6.54 Å². The lowest BCUT2D eigenvalue weighted by Gasteiger charge is -2.16. The van der Waals surface area contributed by atoms with Crippen molar-refractivity contribution >= 4 is 5.91 Å². The number of nitrogens with zero attached hydrogens (tertiary/aromatic N) is 2. The Morgan fingerprint density at radius 2 is 2.22 bits per heavy atom. The maximum Gasteiger partial charge on any atom is 0.242 e. The Hall–Kier alpha value is -1.29. The highest BCUT2D eigenvalue weighted by atomic mass is 16.2. The van der Waals surface area contributed by atoms with Crippen LogP contribution in [0.4, 0.5) is 0 Å². The summed E-state index contributed by atoms with van der Waals surface area (Å²) in [6.45, 7) is 0.435. The third kappa shape index (κ3) is 2.43. The number of nitrogens with two attached hydrogens (primary N) is 1. The molecular formula is C14H21N3O. The lowest BCUT2D eigenvalue weighted by atomic mass is 10.1. The largest absolute Gasteiger partial charge is 0.345 e. The zero-order valence-corrected chi connectivity index (χ0v) is 10.9. The van der Waals surface area contributed by atoms with Crippen LogP contribution in [0.2, 0.25) is 0 Å². The zero-order valence-electron chi connectivity index (χ0n) is 10.9. The van der Waals surface area contributed by atoms with Gasteiger partial charge in [0.25, 0.3) is 0 Å². The summed E-state index contributed by atoms with van der Waals surface area (Å²) in [6.07, 6.45) is 8.81. The van der Waals surface area contributed by atoms with Gasteiger partial charge in [-0.15, -0.1) is 0 Å². The second-order valence-electron chi connectivity index (χ2n) is 5.72. The van der Waals surface area contributed by atoms with Gasteiger partial charge in [0, 0.05) is 31.5 Å². The molecule has 0 bridgehead atoms. The topological polar surface area (TPSA) is 51.3 Å². The second-order valence-corrected chi connectivity index (χ2v) is 5.72. The predicted molar refractivity (Wildman–Crippen MR) is 69.9 cm³/mol. The number of rotatable bonds is 5. The first-order valence-electron chi connectivity index (χ1n) is 6.82. The number of aromatic nitrogens is 1. The highest BCUT2D eigenvalue weighted by Gasteiger charge is 2.31. The molecule has 3 rings (SSSR count). The van der Waals surface area contributed by atoms with Crippen LogP contribution in [0.3, 0.4) is 0 Å². The first-order valence-corrected chi connectivity index (χ1v) is 6.82. The van der Waals surface area contributed by atoms with Gasteiger partial charge in [-0.25, -0.2) is 0 Å². The van der Waals surface area contributed by atoms with Crippen LogP contribution in [0.5, 0.6) is 0 Å². The van der Waals surface area contributed by atoms with Gasteiger partial charge < -0.3 is 15.2 Å². The molecule has 4 nitrogen and oxygen atoms in total. The maximum absolute atomic E-state index is 12.0. The summed E-state index contributed by atoms with van der Waals surface area (Å²) in [6, 6.07) is 2.69. The average Bonchev–Trinajstić information content (AvgIpc) is 3.24. The molecule has 1 aromatic heterocycles. The van der Waals surface area contributed by atoms with Gasteiger partial charge in [-0.2, -0.15) is 0 Å². The molecule has 18 heavy (non-hydrogen) atoms. The molecule has 1 atom stereocenters. The number of carbonyl (C=O) groups is 1. The van der Waals surface area contributed by atoms with Crippen LogP contribution in [0.1, 0.15) is 37.3 Å². The van der Waals surface area contributed by atoms with Crippen molar-refractivity contribution in [1.29, 1.82) is 0 Å². The van der Waals surface area contributed by atoms with E-state index in [9.17, 15) is 4.79 Å². The zero-order chi connectivity index (χ0) is 12.7. The molecule has 2 aliphatic rings. The van der Waals surface area contributed by atoms with Gasteiger partial charge in [-0.05, 0) is 43.2 Å². The molecular weight excluding hydrogens is 226 g/mol. The Morgan fingerprint density at radius 1 is 1.50 bits per heavy atom. The first-order chi connectivity index (χ1) is 8.65. The Morgan fingerprint density at radius 3 is 2.83 bits per heavy atom. The summed E-state index contributed by atoms with van der Waals surface area (Å²) in [4.78, 5) is 13.9. The maximum atomic E-state index is 12.0. The van der Waals surface area contributed by atoms with Crippen molar-refractivity contribution in [3.05, 3.63) is 24.0 Å². The third-order valence-corrected chi connectivity index (χ3v) is 4.09.